The second-order valence-corrected chi connectivity index (χ2v) is 4.79. The maximum Gasteiger partial charge on any atom is 0.323 e. The SMILES string of the molecule is CCOC(=O)[C@@H]1CC[C@@H](c2cc3ccccc3o2)N1. The van der Waals surface area contributed by atoms with Crippen LogP contribution in [0.3, 0.4) is 0 Å². The number of furan rings is 1. The molecule has 0 radical (unpaired) electrons. The van der Waals surface area contributed by atoms with Gasteiger partial charge >= 0.3 is 5.97 Å². The van der Waals surface area contributed by atoms with Crippen molar-refractivity contribution in [3.05, 3.63) is 36.1 Å². The van der Waals surface area contributed by atoms with Crippen molar-refractivity contribution in [1.82, 2.24) is 5.32 Å². The van der Waals surface area contributed by atoms with E-state index in [4.69, 9.17) is 9.15 Å². The summed E-state index contributed by atoms with van der Waals surface area (Å²) in [4.78, 5) is 11.7. The van der Waals surface area contributed by atoms with Crippen molar-refractivity contribution in [2.45, 2.75) is 31.8 Å². The Hall–Kier alpha value is -1.81. The van der Waals surface area contributed by atoms with Gasteiger partial charge in [0.2, 0.25) is 0 Å². The van der Waals surface area contributed by atoms with Gasteiger partial charge in [-0.15, -0.1) is 0 Å². The molecule has 2 heterocycles. The number of nitrogens with one attached hydrogen (secondary N) is 1. The van der Waals surface area contributed by atoms with E-state index >= 15 is 0 Å². The third-order valence-electron chi connectivity index (χ3n) is 3.51. The lowest BCUT2D eigenvalue weighted by molar-refractivity contribution is -0.145. The maximum absolute atomic E-state index is 11.7. The molecule has 0 spiro atoms. The monoisotopic (exact) mass is 259 g/mol. The zero-order valence-corrected chi connectivity index (χ0v) is 10.9. The lowest BCUT2D eigenvalue weighted by atomic mass is 10.1. The highest BCUT2D eigenvalue weighted by molar-refractivity contribution is 5.78. The molecule has 0 bridgehead atoms. The molecule has 1 aliphatic heterocycles. The lowest BCUT2D eigenvalue weighted by Gasteiger charge is -2.11. The lowest BCUT2D eigenvalue weighted by Crippen LogP contribution is -2.33. The van der Waals surface area contributed by atoms with Gasteiger partial charge in [0.25, 0.3) is 0 Å². The molecule has 19 heavy (non-hydrogen) atoms. The van der Waals surface area contributed by atoms with Crippen molar-refractivity contribution in [2.24, 2.45) is 0 Å². The van der Waals surface area contributed by atoms with Crippen molar-refractivity contribution in [3.63, 3.8) is 0 Å². The van der Waals surface area contributed by atoms with Crippen molar-refractivity contribution < 1.29 is 13.9 Å². The Bertz CT molecular complexity index is 557. The van der Waals surface area contributed by atoms with Gasteiger partial charge in [-0.3, -0.25) is 10.1 Å². The van der Waals surface area contributed by atoms with E-state index in [1.54, 1.807) is 0 Å². The summed E-state index contributed by atoms with van der Waals surface area (Å²) in [6.45, 7) is 2.25. The molecule has 1 saturated heterocycles. The van der Waals surface area contributed by atoms with Gasteiger partial charge in [-0.05, 0) is 31.9 Å². The number of benzene rings is 1. The topological polar surface area (TPSA) is 51.5 Å². The molecule has 1 aliphatic rings. The Morgan fingerprint density at radius 3 is 3.05 bits per heavy atom. The molecule has 0 unspecified atom stereocenters. The molecule has 1 N–H and O–H groups in total. The number of rotatable bonds is 3. The number of esters is 1. The van der Waals surface area contributed by atoms with Crippen LogP contribution in [0.15, 0.2) is 34.7 Å². The Kier molecular flexibility index (Phi) is 3.25. The largest absolute Gasteiger partial charge is 0.465 e. The van der Waals surface area contributed by atoms with Gasteiger partial charge in [-0.2, -0.15) is 0 Å². The van der Waals surface area contributed by atoms with Crippen molar-refractivity contribution in [2.75, 3.05) is 6.61 Å². The molecule has 2 atom stereocenters. The summed E-state index contributed by atoms with van der Waals surface area (Å²) in [5.41, 5.74) is 0.888. The van der Waals surface area contributed by atoms with Crippen LogP contribution in [0.4, 0.5) is 0 Å². The van der Waals surface area contributed by atoms with E-state index in [1.165, 1.54) is 0 Å². The highest BCUT2D eigenvalue weighted by Gasteiger charge is 2.32. The molecule has 100 valence electrons. The predicted molar refractivity (Wildman–Crippen MR) is 71.7 cm³/mol. The van der Waals surface area contributed by atoms with Crippen molar-refractivity contribution in [1.29, 1.82) is 0 Å². The van der Waals surface area contributed by atoms with E-state index in [2.05, 4.69) is 5.32 Å². The number of para-hydroxylation sites is 1. The molecule has 3 rings (SSSR count). The molecular formula is C15H17NO3. The Labute approximate surface area is 111 Å². The molecule has 1 aromatic heterocycles. The van der Waals surface area contributed by atoms with Crippen LogP contribution in [0.2, 0.25) is 0 Å². The van der Waals surface area contributed by atoms with Crippen LogP contribution in [-0.4, -0.2) is 18.6 Å². The van der Waals surface area contributed by atoms with E-state index in [1.807, 2.05) is 37.3 Å². The van der Waals surface area contributed by atoms with Gasteiger partial charge in [0, 0.05) is 5.39 Å². The third-order valence-corrected chi connectivity index (χ3v) is 3.51. The van der Waals surface area contributed by atoms with E-state index in [9.17, 15) is 4.79 Å². The van der Waals surface area contributed by atoms with Gasteiger partial charge in [-0.25, -0.2) is 0 Å². The minimum Gasteiger partial charge on any atom is -0.465 e. The first-order valence-corrected chi connectivity index (χ1v) is 6.69. The number of fused-ring (bicyclic) bond motifs is 1. The zero-order chi connectivity index (χ0) is 13.2. The van der Waals surface area contributed by atoms with Crippen LogP contribution < -0.4 is 5.32 Å². The number of ether oxygens (including phenoxy) is 1. The van der Waals surface area contributed by atoms with Crippen LogP contribution in [0.5, 0.6) is 0 Å². The average molecular weight is 259 g/mol. The van der Waals surface area contributed by atoms with Crippen LogP contribution in [0, 0.1) is 0 Å². The summed E-state index contributed by atoms with van der Waals surface area (Å²) in [6.07, 6.45) is 1.68. The molecule has 0 saturated carbocycles. The van der Waals surface area contributed by atoms with E-state index in [-0.39, 0.29) is 18.1 Å². The van der Waals surface area contributed by atoms with Crippen molar-refractivity contribution >= 4 is 16.9 Å². The van der Waals surface area contributed by atoms with Gasteiger partial charge in [0.1, 0.15) is 17.4 Å². The predicted octanol–water partition coefficient (Wildman–Crippen LogP) is 2.79. The van der Waals surface area contributed by atoms with E-state index in [0.29, 0.717) is 6.61 Å². The Morgan fingerprint density at radius 2 is 2.26 bits per heavy atom. The molecule has 4 nitrogen and oxygen atoms in total. The van der Waals surface area contributed by atoms with Crippen molar-refractivity contribution in [3.8, 4) is 0 Å². The summed E-state index contributed by atoms with van der Waals surface area (Å²) in [7, 11) is 0. The summed E-state index contributed by atoms with van der Waals surface area (Å²) < 4.78 is 10.9. The molecule has 2 aromatic rings. The van der Waals surface area contributed by atoms with Gasteiger partial charge in [0.15, 0.2) is 0 Å². The molecule has 1 fully saturated rings. The minimum absolute atomic E-state index is 0.0989. The summed E-state index contributed by atoms with van der Waals surface area (Å²) in [6, 6.07) is 9.86. The third kappa shape index (κ3) is 2.36. The standard InChI is InChI=1S/C15H17NO3/c1-2-18-15(17)12-8-7-11(16-12)14-9-10-5-3-4-6-13(10)19-14/h3-6,9,11-12,16H,2,7-8H2,1H3/t11-,12-/m0/s1. The van der Waals surface area contributed by atoms with Gasteiger partial charge in [0.05, 0.1) is 12.6 Å². The average Bonchev–Trinajstić information content (AvgIpc) is 3.05. The van der Waals surface area contributed by atoms with Crippen LogP contribution in [0.1, 0.15) is 31.6 Å². The van der Waals surface area contributed by atoms with E-state index in [0.717, 1.165) is 29.6 Å². The minimum atomic E-state index is -0.210. The number of carbonyl (C=O) groups is 1. The van der Waals surface area contributed by atoms with Crippen LogP contribution >= 0.6 is 0 Å². The number of hydrogen-bond donors (Lipinski definition) is 1. The number of hydrogen-bond acceptors (Lipinski definition) is 4. The molecule has 1 aromatic carbocycles. The second kappa shape index (κ2) is 5.05. The smallest absolute Gasteiger partial charge is 0.323 e. The van der Waals surface area contributed by atoms with Gasteiger partial charge < -0.3 is 9.15 Å². The second-order valence-electron chi connectivity index (χ2n) is 4.79. The first kappa shape index (κ1) is 12.2. The van der Waals surface area contributed by atoms with E-state index < -0.39 is 0 Å². The highest BCUT2D eigenvalue weighted by Crippen LogP contribution is 2.31. The normalized spacial score (nSPS) is 22.8. The Morgan fingerprint density at radius 1 is 1.42 bits per heavy atom. The molecule has 4 heteroatoms. The summed E-state index contributed by atoms with van der Waals surface area (Å²) >= 11 is 0. The highest BCUT2D eigenvalue weighted by atomic mass is 16.5. The number of carbonyl (C=O) groups excluding carboxylic acids is 1. The van der Waals surface area contributed by atoms with Crippen LogP contribution in [0.25, 0.3) is 11.0 Å². The first-order chi connectivity index (χ1) is 9.28. The fraction of sp³-hybridized carbons (Fsp3) is 0.400. The fourth-order valence-electron chi connectivity index (χ4n) is 2.57. The fourth-order valence-corrected chi connectivity index (χ4v) is 2.57. The van der Waals surface area contributed by atoms with Crippen LogP contribution in [-0.2, 0) is 9.53 Å². The molecular weight excluding hydrogens is 242 g/mol. The molecule has 0 aliphatic carbocycles. The van der Waals surface area contributed by atoms with Gasteiger partial charge in [-0.1, -0.05) is 18.2 Å². The summed E-state index contributed by atoms with van der Waals surface area (Å²) in [5, 5.41) is 4.38. The Balaban J connectivity index is 1.75. The zero-order valence-electron chi connectivity index (χ0n) is 10.9. The first-order valence-electron chi connectivity index (χ1n) is 6.69. The molecule has 0 amide bonds. The maximum atomic E-state index is 11.7. The summed E-state index contributed by atoms with van der Waals surface area (Å²) in [5.74, 6) is 0.731. The quantitative estimate of drug-likeness (QED) is 0.861.